The van der Waals surface area contributed by atoms with Crippen molar-refractivity contribution >= 4 is 11.7 Å². The van der Waals surface area contributed by atoms with Gasteiger partial charge in [-0.15, -0.1) is 0 Å². The predicted molar refractivity (Wildman–Crippen MR) is 76.7 cm³/mol. The molecule has 1 aromatic rings. The molecule has 120 valence electrons. The van der Waals surface area contributed by atoms with Crippen molar-refractivity contribution in [1.82, 2.24) is 10.3 Å². The van der Waals surface area contributed by atoms with Gasteiger partial charge in [0.05, 0.1) is 0 Å². The number of halogens is 2. The van der Waals surface area contributed by atoms with Crippen molar-refractivity contribution in [2.24, 2.45) is 0 Å². The maximum Gasteiger partial charge on any atom is 0.352 e. The van der Waals surface area contributed by atoms with E-state index in [0.717, 1.165) is 5.82 Å². The Hall–Kier alpha value is -1.76. The summed E-state index contributed by atoms with van der Waals surface area (Å²) < 4.78 is 28.1. The normalized spacial score (nSPS) is 24.0. The summed E-state index contributed by atoms with van der Waals surface area (Å²) in [4.78, 5) is 18.0. The Morgan fingerprint density at radius 3 is 2.82 bits per heavy atom. The number of aliphatic hydroxyl groups is 1. The van der Waals surface area contributed by atoms with Gasteiger partial charge in [0.2, 0.25) is 0 Å². The van der Waals surface area contributed by atoms with Crippen LogP contribution in [0.15, 0.2) is 24.4 Å². The van der Waals surface area contributed by atoms with Gasteiger partial charge in [-0.1, -0.05) is 6.07 Å². The maximum absolute atomic E-state index is 14.0. The van der Waals surface area contributed by atoms with Crippen LogP contribution in [0.1, 0.15) is 25.7 Å². The molecule has 2 heterocycles. The third kappa shape index (κ3) is 2.54. The van der Waals surface area contributed by atoms with Gasteiger partial charge in [0, 0.05) is 25.3 Å². The smallest absolute Gasteiger partial charge is 0.352 e. The molecule has 0 bridgehead atoms. The number of pyridine rings is 1. The number of carbonyl (C=O) groups excluding carboxylic acids is 1. The van der Waals surface area contributed by atoms with Crippen LogP contribution in [0.2, 0.25) is 0 Å². The predicted octanol–water partition coefficient (Wildman–Crippen LogP) is 1.33. The van der Waals surface area contributed by atoms with Crippen molar-refractivity contribution in [2.45, 2.75) is 43.2 Å². The number of aromatic nitrogens is 1. The van der Waals surface area contributed by atoms with Crippen LogP contribution in [0, 0.1) is 0 Å². The summed E-state index contributed by atoms with van der Waals surface area (Å²) in [6, 6.07) is 5.15. The number of anilines is 1. The van der Waals surface area contributed by atoms with Gasteiger partial charge in [-0.3, -0.25) is 4.79 Å². The largest absolute Gasteiger partial charge is 0.383 e. The van der Waals surface area contributed by atoms with E-state index in [2.05, 4.69) is 10.3 Å². The van der Waals surface area contributed by atoms with Gasteiger partial charge in [0.15, 0.2) is 0 Å². The highest BCUT2D eigenvalue weighted by atomic mass is 19.3. The van der Waals surface area contributed by atoms with Gasteiger partial charge >= 0.3 is 5.92 Å². The molecule has 0 spiro atoms. The zero-order valence-corrected chi connectivity index (χ0v) is 12.1. The molecule has 5 nitrogen and oxygen atoms in total. The van der Waals surface area contributed by atoms with Crippen LogP contribution >= 0.6 is 0 Å². The van der Waals surface area contributed by atoms with Crippen LogP contribution in [-0.2, 0) is 4.79 Å². The molecule has 2 N–H and O–H groups in total. The molecule has 3 rings (SSSR count). The first kappa shape index (κ1) is 15.1. The highest BCUT2D eigenvalue weighted by molar-refractivity contribution is 5.85. The molecule has 1 saturated carbocycles. The van der Waals surface area contributed by atoms with E-state index in [4.69, 9.17) is 0 Å². The molecule has 1 unspecified atom stereocenters. The van der Waals surface area contributed by atoms with Crippen molar-refractivity contribution < 1.29 is 18.7 Å². The Morgan fingerprint density at radius 1 is 1.45 bits per heavy atom. The second-order valence-corrected chi connectivity index (χ2v) is 6.05. The fraction of sp³-hybridized carbons (Fsp3) is 0.600. The van der Waals surface area contributed by atoms with E-state index < -0.39 is 17.4 Å². The molecule has 1 aliphatic carbocycles. The van der Waals surface area contributed by atoms with Crippen molar-refractivity contribution in [1.29, 1.82) is 0 Å². The summed E-state index contributed by atoms with van der Waals surface area (Å²) in [5, 5.41) is 12.2. The standard InChI is InChI=1S/C15H19F2N3O2/c16-15(17,14(22)6-3-7-14)13(21)19-11-5-9-20(10-11)12-4-1-2-8-18-12/h1-2,4,8,11,22H,3,5-7,9-10H2,(H,19,21). The average Bonchev–Trinajstić information content (AvgIpc) is 2.94. The van der Waals surface area contributed by atoms with Gasteiger partial charge in [-0.05, 0) is 37.8 Å². The van der Waals surface area contributed by atoms with Crippen LogP contribution in [0.4, 0.5) is 14.6 Å². The molecule has 1 aliphatic heterocycles. The van der Waals surface area contributed by atoms with E-state index >= 15 is 0 Å². The number of amides is 1. The molecule has 2 aliphatic rings. The molecule has 1 aromatic heterocycles. The summed E-state index contributed by atoms with van der Waals surface area (Å²) >= 11 is 0. The van der Waals surface area contributed by atoms with Crippen LogP contribution < -0.4 is 10.2 Å². The number of hydrogen-bond donors (Lipinski definition) is 2. The number of nitrogens with one attached hydrogen (secondary N) is 1. The Balaban J connectivity index is 1.59. The minimum Gasteiger partial charge on any atom is -0.383 e. The van der Waals surface area contributed by atoms with Crippen molar-refractivity contribution in [3.8, 4) is 0 Å². The molecule has 2 fully saturated rings. The van der Waals surface area contributed by atoms with E-state index in [1.165, 1.54) is 0 Å². The van der Waals surface area contributed by atoms with Crippen molar-refractivity contribution in [3.63, 3.8) is 0 Å². The summed E-state index contributed by atoms with van der Waals surface area (Å²) in [5.41, 5.74) is -2.17. The zero-order valence-electron chi connectivity index (χ0n) is 12.1. The Kier molecular flexibility index (Phi) is 3.76. The van der Waals surface area contributed by atoms with Gasteiger partial charge < -0.3 is 15.3 Å². The molecule has 1 atom stereocenters. The van der Waals surface area contributed by atoms with Gasteiger partial charge in [0.25, 0.3) is 5.91 Å². The lowest BCUT2D eigenvalue weighted by Crippen LogP contribution is -2.61. The Morgan fingerprint density at radius 2 is 2.23 bits per heavy atom. The van der Waals surface area contributed by atoms with E-state index in [1.54, 1.807) is 12.3 Å². The van der Waals surface area contributed by atoms with Crippen LogP contribution in [0.3, 0.4) is 0 Å². The van der Waals surface area contributed by atoms with Crippen LogP contribution in [-0.4, -0.2) is 46.7 Å². The third-order valence-electron chi connectivity index (χ3n) is 4.55. The Labute approximate surface area is 127 Å². The lowest BCUT2D eigenvalue weighted by Gasteiger charge is -2.41. The van der Waals surface area contributed by atoms with E-state index in [-0.39, 0.29) is 18.9 Å². The average molecular weight is 311 g/mol. The molecule has 0 radical (unpaired) electrons. The monoisotopic (exact) mass is 311 g/mol. The number of hydrogen-bond acceptors (Lipinski definition) is 4. The topological polar surface area (TPSA) is 65.5 Å². The second-order valence-electron chi connectivity index (χ2n) is 6.05. The summed E-state index contributed by atoms with van der Waals surface area (Å²) in [6.07, 6.45) is 2.71. The highest BCUT2D eigenvalue weighted by Crippen LogP contribution is 2.44. The molecule has 1 saturated heterocycles. The van der Waals surface area contributed by atoms with Gasteiger partial charge in [-0.25, -0.2) is 4.98 Å². The van der Waals surface area contributed by atoms with Crippen molar-refractivity contribution in [3.05, 3.63) is 24.4 Å². The van der Waals surface area contributed by atoms with E-state index in [0.29, 0.717) is 25.9 Å². The van der Waals surface area contributed by atoms with Crippen molar-refractivity contribution in [2.75, 3.05) is 18.0 Å². The van der Waals surface area contributed by atoms with Gasteiger partial charge in [-0.2, -0.15) is 8.78 Å². The first-order valence-electron chi connectivity index (χ1n) is 7.49. The van der Waals surface area contributed by atoms with Gasteiger partial charge in [0.1, 0.15) is 11.4 Å². The molecular weight excluding hydrogens is 292 g/mol. The SMILES string of the molecule is O=C(NC1CCN(c2ccccn2)C1)C(F)(F)C1(O)CCC1. The number of alkyl halides is 2. The lowest BCUT2D eigenvalue weighted by molar-refractivity contribution is -0.216. The highest BCUT2D eigenvalue weighted by Gasteiger charge is 2.61. The minimum atomic E-state index is -3.73. The van der Waals surface area contributed by atoms with E-state index in [9.17, 15) is 18.7 Å². The fourth-order valence-corrected chi connectivity index (χ4v) is 2.94. The van der Waals surface area contributed by atoms with Crippen LogP contribution in [0.5, 0.6) is 0 Å². The quantitative estimate of drug-likeness (QED) is 0.880. The van der Waals surface area contributed by atoms with Crippen LogP contribution in [0.25, 0.3) is 0 Å². The summed E-state index contributed by atoms with van der Waals surface area (Å²) in [6.45, 7) is 1.09. The zero-order chi connectivity index (χ0) is 15.8. The Bertz CT molecular complexity index is 549. The molecular formula is C15H19F2N3O2. The maximum atomic E-state index is 14.0. The molecule has 0 aromatic carbocycles. The van der Waals surface area contributed by atoms with E-state index in [1.807, 2.05) is 17.0 Å². The molecule has 1 amide bonds. The first-order chi connectivity index (χ1) is 10.4. The second kappa shape index (κ2) is 5.46. The number of nitrogens with zero attached hydrogens (tertiary/aromatic N) is 2. The summed E-state index contributed by atoms with van der Waals surface area (Å²) in [5.74, 6) is -4.34. The minimum absolute atomic E-state index is 0.0296. The number of carbonyl (C=O) groups is 1. The number of rotatable bonds is 4. The summed E-state index contributed by atoms with van der Waals surface area (Å²) in [7, 11) is 0. The first-order valence-corrected chi connectivity index (χ1v) is 7.49. The third-order valence-corrected chi connectivity index (χ3v) is 4.55. The fourth-order valence-electron chi connectivity index (χ4n) is 2.94. The molecule has 7 heteroatoms. The lowest BCUT2D eigenvalue weighted by atomic mass is 9.75. The molecule has 22 heavy (non-hydrogen) atoms.